The van der Waals surface area contributed by atoms with E-state index in [9.17, 15) is 26.8 Å². The summed E-state index contributed by atoms with van der Waals surface area (Å²) in [6, 6.07) is 1.20. The van der Waals surface area contributed by atoms with E-state index in [-0.39, 0.29) is 0 Å². The van der Waals surface area contributed by atoms with Crippen molar-refractivity contribution in [3.63, 3.8) is 0 Å². The molecule has 0 aliphatic heterocycles. The van der Waals surface area contributed by atoms with Crippen molar-refractivity contribution in [3.8, 4) is 0 Å². The maximum Gasteiger partial charge on any atom is 0.341 e. The molecule has 0 heterocycles. The quantitative estimate of drug-likeness (QED) is 0.760. The lowest BCUT2D eigenvalue weighted by molar-refractivity contribution is -0.120. The molecule has 1 aromatic carbocycles. The molecule has 21 heavy (non-hydrogen) atoms. The number of carbonyl (C=O) groups is 2. The highest BCUT2D eigenvalue weighted by atomic mass is 32.2. The standard InChI is InChI=1S/C12H13F2NO5S/c1-2-15-9(16)5-6-21(19,20)8-4-3-7(13)10(11(8)14)12(17)18/h3-4H,2,5-6H2,1H3,(H,15,16)(H,17,18). The molecule has 0 atom stereocenters. The minimum atomic E-state index is -4.24. The molecular weight excluding hydrogens is 308 g/mol. The van der Waals surface area contributed by atoms with Crippen LogP contribution < -0.4 is 5.32 Å². The van der Waals surface area contributed by atoms with E-state index in [1.54, 1.807) is 6.92 Å². The van der Waals surface area contributed by atoms with Gasteiger partial charge in [0, 0.05) is 13.0 Å². The first-order valence-corrected chi connectivity index (χ1v) is 7.56. The fourth-order valence-corrected chi connectivity index (χ4v) is 2.92. The molecule has 0 radical (unpaired) electrons. The summed E-state index contributed by atoms with van der Waals surface area (Å²) < 4.78 is 50.9. The molecule has 0 bridgehead atoms. The minimum Gasteiger partial charge on any atom is -0.477 e. The molecule has 1 amide bonds. The Hall–Kier alpha value is -2.03. The van der Waals surface area contributed by atoms with E-state index in [0.29, 0.717) is 18.7 Å². The number of benzene rings is 1. The van der Waals surface area contributed by atoms with Gasteiger partial charge in [-0.25, -0.2) is 22.0 Å². The topological polar surface area (TPSA) is 101 Å². The van der Waals surface area contributed by atoms with Gasteiger partial charge < -0.3 is 10.4 Å². The number of rotatable bonds is 6. The predicted molar refractivity (Wildman–Crippen MR) is 68.7 cm³/mol. The number of halogens is 2. The third-order valence-electron chi connectivity index (χ3n) is 2.58. The summed E-state index contributed by atoms with van der Waals surface area (Å²) in [5.41, 5.74) is -1.34. The summed E-state index contributed by atoms with van der Waals surface area (Å²) in [5.74, 6) is -6.20. The molecule has 116 valence electrons. The van der Waals surface area contributed by atoms with Gasteiger partial charge in [0.05, 0.1) is 5.75 Å². The molecule has 1 rings (SSSR count). The van der Waals surface area contributed by atoms with E-state index in [1.807, 2.05) is 0 Å². The smallest absolute Gasteiger partial charge is 0.341 e. The van der Waals surface area contributed by atoms with Crippen LogP contribution in [0.5, 0.6) is 0 Å². The molecule has 0 aliphatic carbocycles. The normalized spacial score (nSPS) is 11.2. The van der Waals surface area contributed by atoms with Crippen molar-refractivity contribution in [1.82, 2.24) is 5.32 Å². The maximum atomic E-state index is 13.9. The number of hydrogen-bond acceptors (Lipinski definition) is 4. The number of nitrogens with one attached hydrogen (secondary N) is 1. The number of aromatic carboxylic acids is 1. The Morgan fingerprint density at radius 1 is 1.29 bits per heavy atom. The molecule has 0 saturated heterocycles. The molecule has 0 aromatic heterocycles. The zero-order chi connectivity index (χ0) is 16.2. The van der Waals surface area contributed by atoms with Crippen molar-refractivity contribution in [1.29, 1.82) is 0 Å². The lowest BCUT2D eigenvalue weighted by atomic mass is 10.2. The third kappa shape index (κ3) is 3.97. The number of sulfone groups is 1. The van der Waals surface area contributed by atoms with E-state index >= 15 is 0 Å². The van der Waals surface area contributed by atoms with Crippen molar-refractivity contribution in [3.05, 3.63) is 29.3 Å². The maximum absolute atomic E-state index is 13.9. The molecule has 0 aliphatic rings. The van der Waals surface area contributed by atoms with Gasteiger partial charge in [-0.3, -0.25) is 4.79 Å². The zero-order valence-electron chi connectivity index (χ0n) is 11.0. The van der Waals surface area contributed by atoms with Gasteiger partial charge in [0.25, 0.3) is 0 Å². The van der Waals surface area contributed by atoms with Gasteiger partial charge in [0.2, 0.25) is 5.91 Å². The second-order valence-corrected chi connectivity index (χ2v) is 6.14. The van der Waals surface area contributed by atoms with Crippen LogP contribution >= 0.6 is 0 Å². The number of hydrogen-bond donors (Lipinski definition) is 2. The Labute approximate surface area is 119 Å². The number of carbonyl (C=O) groups excluding carboxylic acids is 1. The highest BCUT2D eigenvalue weighted by molar-refractivity contribution is 7.91. The van der Waals surface area contributed by atoms with Crippen molar-refractivity contribution < 1.29 is 31.9 Å². The Morgan fingerprint density at radius 3 is 2.43 bits per heavy atom. The zero-order valence-corrected chi connectivity index (χ0v) is 11.8. The van der Waals surface area contributed by atoms with E-state index in [2.05, 4.69) is 5.32 Å². The molecule has 6 nitrogen and oxygen atoms in total. The molecule has 0 saturated carbocycles. The lowest BCUT2D eigenvalue weighted by Gasteiger charge is -2.08. The third-order valence-corrected chi connectivity index (χ3v) is 4.30. The van der Waals surface area contributed by atoms with Crippen LogP contribution in [0, 0.1) is 11.6 Å². The average molecular weight is 321 g/mol. The van der Waals surface area contributed by atoms with E-state index in [1.165, 1.54) is 0 Å². The number of carboxylic acid groups (broad SMARTS) is 1. The SMILES string of the molecule is CCNC(=O)CCS(=O)(=O)c1ccc(F)c(C(=O)O)c1F. The first-order valence-electron chi connectivity index (χ1n) is 5.91. The Morgan fingerprint density at radius 2 is 1.90 bits per heavy atom. The summed E-state index contributed by atoms with van der Waals surface area (Å²) in [6.45, 7) is 1.96. The van der Waals surface area contributed by atoms with Crippen LogP contribution in [0.4, 0.5) is 8.78 Å². The highest BCUT2D eigenvalue weighted by Gasteiger charge is 2.27. The molecule has 0 unspecified atom stereocenters. The average Bonchev–Trinajstić information content (AvgIpc) is 2.36. The highest BCUT2D eigenvalue weighted by Crippen LogP contribution is 2.22. The van der Waals surface area contributed by atoms with E-state index in [4.69, 9.17) is 5.11 Å². The summed E-state index contributed by atoms with van der Waals surface area (Å²) in [6.07, 6.45) is -0.407. The van der Waals surface area contributed by atoms with Gasteiger partial charge in [0.15, 0.2) is 15.7 Å². The first kappa shape index (κ1) is 17.0. The molecule has 1 aromatic rings. The lowest BCUT2D eigenvalue weighted by Crippen LogP contribution is -2.25. The van der Waals surface area contributed by atoms with Crippen LogP contribution in [0.1, 0.15) is 23.7 Å². The molecule has 9 heteroatoms. The largest absolute Gasteiger partial charge is 0.477 e. The second kappa shape index (κ2) is 6.61. The summed E-state index contributed by atoms with van der Waals surface area (Å²) >= 11 is 0. The Kier molecular flexibility index (Phi) is 5.36. The minimum absolute atomic E-state index is 0.312. The Balaban J connectivity index is 3.13. The van der Waals surface area contributed by atoms with Crippen molar-refractivity contribution in [2.45, 2.75) is 18.2 Å². The summed E-state index contributed by atoms with van der Waals surface area (Å²) in [5, 5.41) is 11.1. The summed E-state index contributed by atoms with van der Waals surface area (Å²) in [7, 11) is -4.24. The van der Waals surface area contributed by atoms with Crippen LogP contribution in [0.15, 0.2) is 17.0 Å². The van der Waals surface area contributed by atoms with Crippen LogP contribution in [-0.4, -0.2) is 37.7 Å². The van der Waals surface area contributed by atoms with E-state index in [0.717, 1.165) is 0 Å². The molecule has 2 N–H and O–H groups in total. The monoisotopic (exact) mass is 321 g/mol. The molecule has 0 spiro atoms. The summed E-state index contributed by atoms with van der Waals surface area (Å²) in [4.78, 5) is 21.0. The van der Waals surface area contributed by atoms with Gasteiger partial charge >= 0.3 is 5.97 Å². The fourth-order valence-electron chi connectivity index (χ4n) is 1.59. The molecular formula is C12H13F2NO5S. The number of amides is 1. The Bertz CT molecular complexity index is 672. The van der Waals surface area contributed by atoms with Crippen LogP contribution in [0.25, 0.3) is 0 Å². The van der Waals surface area contributed by atoms with Crippen molar-refractivity contribution >= 4 is 21.7 Å². The predicted octanol–water partition coefficient (Wildman–Crippen LogP) is 0.963. The van der Waals surface area contributed by atoms with Crippen molar-refractivity contribution in [2.75, 3.05) is 12.3 Å². The van der Waals surface area contributed by atoms with Gasteiger partial charge in [0.1, 0.15) is 16.3 Å². The second-order valence-electron chi connectivity index (χ2n) is 4.06. The van der Waals surface area contributed by atoms with Gasteiger partial charge in [-0.2, -0.15) is 0 Å². The van der Waals surface area contributed by atoms with Gasteiger partial charge in [-0.05, 0) is 19.1 Å². The van der Waals surface area contributed by atoms with Crippen LogP contribution in [-0.2, 0) is 14.6 Å². The van der Waals surface area contributed by atoms with E-state index < -0.39 is 56.0 Å². The fraction of sp³-hybridized carbons (Fsp3) is 0.333. The van der Waals surface area contributed by atoms with Crippen LogP contribution in [0.3, 0.4) is 0 Å². The number of carboxylic acids is 1. The van der Waals surface area contributed by atoms with Crippen LogP contribution in [0.2, 0.25) is 0 Å². The molecule has 0 fully saturated rings. The van der Waals surface area contributed by atoms with Crippen molar-refractivity contribution in [2.24, 2.45) is 0 Å². The van der Waals surface area contributed by atoms with Gasteiger partial charge in [-0.15, -0.1) is 0 Å². The van der Waals surface area contributed by atoms with Gasteiger partial charge in [-0.1, -0.05) is 0 Å². The first-order chi connectivity index (χ1) is 9.70.